The number of hydrogen-bond acceptors (Lipinski definition) is 4. The molecule has 2 heterocycles. The largest absolute Gasteiger partial charge is 0.329 e. The van der Waals surface area contributed by atoms with Crippen LogP contribution in [0, 0.1) is 0 Å². The minimum atomic E-state index is 0.666. The van der Waals surface area contributed by atoms with Gasteiger partial charge in [0.2, 0.25) is 6.41 Å². The zero-order valence-electron chi connectivity index (χ0n) is 10.5. The molecule has 20 heavy (non-hydrogen) atoms. The summed E-state index contributed by atoms with van der Waals surface area (Å²) in [6, 6.07) is 11.5. The normalized spacial score (nSPS) is 10.2. The second-order valence-corrected chi connectivity index (χ2v) is 4.97. The number of nitrogens with one attached hydrogen (secondary N) is 1. The van der Waals surface area contributed by atoms with Gasteiger partial charge >= 0.3 is 0 Å². The van der Waals surface area contributed by atoms with E-state index in [1.54, 1.807) is 23.7 Å². The molecule has 0 aliphatic heterocycles. The Morgan fingerprint density at radius 2 is 1.75 bits per heavy atom. The molecule has 4 nitrogen and oxygen atoms in total. The van der Waals surface area contributed by atoms with Gasteiger partial charge in [-0.1, -0.05) is 12.1 Å². The summed E-state index contributed by atoms with van der Waals surface area (Å²) >= 11 is 1.60. The van der Waals surface area contributed by atoms with Gasteiger partial charge in [-0.25, -0.2) is 4.98 Å². The second-order valence-electron chi connectivity index (χ2n) is 4.11. The SMILES string of the molecule is O=CNc1ccc(-c2csc(-c3ccncc3)n2)cc1. The smallest absolute Gasteiger partial charge is 0.211 e. The fraction of sp³-hybridized carbons (Fsp3) is 0. The van der Waals surface area contributed by atoms with E-state index in [9.17, 15) is 4.79 Å². The molecule has 0 aliphatic rings. The van der Waals surface area contributed by atoms with Crippen molar-refractivity contribution in [1.29, 1.82) is 0 Å². The van der Waals surface area contributed by atoms with Crippen LogP contribution in [0.1, 0.15) is 0 Å². The van der Waals surface area contributed by atoms with Gasteiger partial charge in [-0.05, 0) is 24.3 Å². The monoisotopic (exact) mass is 281 g/mol. The summed E-state index contributed by atoms with van der Waals surface area (Å²) < 4.78 is 0. The highest BCUT2D eigenvalue weighted by Crippen LogP contribution is 2.28. The average molecular weight is 281 g/mol. The van der Waals surface area contributed by atoms with E-state index in [1.165, 1.54) is 0 Å². The Labute approximate surface area is 120 Å². The predicted molar refractivity (Wildman–Crippen MR) is 80.5 cm³/mol. The van der Waals surface area contributed by atoms with E-state index >= 15 is 0 Å². The van der Waals surface area contributed by atoms with E-state index in [-0.39, 0.29) is 0 Å². The van der Waals surface area contributed by atoms with Crippen LogP contribution < -0.4 is 5.32 Å². The van der Waals surface area contributed by atoms with E-state index < -0.39 is 0 Å². The van der Waals surface area contributed by atoms with Crippen molar-refractivity contribution in [1.82, 2.24) is 9.97 Å². The molecule has 3 aromatic rings. The maximum atomic E-state index is 10.4. The van der Waals surface area contributed by atoms with Crippen LogP contribution in [0.3, 0.4) is 0 Å². The molecule has 0 spiro atoms. The lowest BCUT2D eigenvalue weighted by Crippen LogP contribution is -1.92. The highest BCUT2D eigenvalue weighted by molar-refractivity contribution is 7.13. The molecule has 0 aliphatic carbocycles. The number of carbonyl (C=O) groups excluding carboxylic acids is 1. The van der Waals surface area contributed by atoms with Gasteiger partial charge in [-0.2, -0.15) is 0 Å². The van der Waals surface area contributed by atoms with Crippen molar-refractivity contribution >= 4 is 23.4 Å². The Morgan fingerprint density at radius 1 is 1.00 bits per heavy atom. The molecule has 0 bridgehead atoms. The summed E-state index contributed by atoms with van der Waals surface area (Å²) in [7, 11) is 0. The third-order valence-electron chi connectivity index (χ3n) is 2.84. The average Bonchev–Trinajstić information content (AvgIpc) is 2.99. The molecule has 0 radical (unpaired) electrons. The second kappa shape index (κ2) is 5.63. The van der Waals surface area contributed by atoms with Crippen molar-refractivity contribution in [2.45, 2.75) is 0 Å². The minimum Gasteiger partial charge on any atom is -0.329 e. The van der Waals surface area contributed by atoms with Gasteiger partial charge in [0.15, 0.2) is 0 Å². The molecule has 0 fully saturated rings. The number of carbonyl (C=O) groups is 1. The number of pyridine rings is 1. The van der Waals surface area contributed by atoms with Crippen molar-refractivity contribution in [3.63, 3.8) is 0 Å². The van der Waals surface area contributed by atoms with Crippen molar-refractivity contribution < 1.29 is 4.79 Å². The Morgan fingerprint density at radius 3 is 2.45 bits per heavy atom. The summed E-state index contributed by atoms with van der Waals surface area (Å²) in [5.41, 5.74) is 3.79. The van der Waals surface area contributed by atoms with Crippen LogP contribution in [0.5, 0.6) is 0 Å². The minimum absolute atomic E-state index is 0.666. The maximum Gasteiger partial charge on any atom is 0.211 e. The Balaban J connectivity index is 1.88. The van der Waals surface area contributed by atoms with Gasteiger partial charge in [0.1, 0.15) is 5.01 Å². The Hall–Kier alpha value is -2.53. The molecule has 98 valence electrons. The van der Waals surface area contributed by atoms with E-state index in [2.05, 4.69) is 15.3 Å². The number of anilines is 1. The maximum absolute atomic E-state index is 10.4. The number of hydrogen-bond donors (Lipinski definition) is 1. The third kappa shape index (κ3) is 2.57. The molecule has 0 unspecified atom stereocenters. The Bertz CT molecular complexity index is 707. The van der Waals surface area contributed by atoms with Crippen LogP contribution in [-0.2, 0) is 4.79 Å². The molecule has 0 saturated heterocycles. The molecule has 1 amide bonds. The predicted octanol–water partition coefficient (Wildman–Crippen LogP) is 3.44. The highest BCUT2D eigenvalue weighted by atomic mass is 32.1. The fourth-order valence-electron chi connectivity index (χ4n) is 1.84. The quantitative estimate of drug-likeness (QED) is 0.745. The zero-order chi connectivity index (χ0) is 13.8. The van der Waals surface area contributed by atoms with E-state index in [1.807, 2.05) is 41.8 Å². The lowest BCUT2D eigenvalue weighted by Gasteiger charge is -2.00. The van der Waals surface area contributed by atoms with Crippen LogP contribution in [0.2, 0.25) is 0 Å². The van der Waals surface area contributed by atoms with Crippen LogP contribution in [0.25, 0.3) is 21.8 Å². The number of aromatic nitrogens is 2. The zero-order valence-corrected chi connectivity index (χ0v) is 11.3. The highest BCUT2D eigenvalue weighted by Gasteiger charge is 2.06. The van der Waals surface area contributed by atoms with Crippen molar-refractivity contribution in [2.24, 2.45) is 0 Å². The molecule has 2 aromatic heterocycles. The summed E-state index contributed by atoms with van der Waals surface area (Å²) in [5, 5.41) is 5.61. The lowest BCUT2D eigenvalue weighted by molar-refractivity contribution is -0.105. The van der Waals surface area contributed by atoms with E-state index in [0.717, 1.165) is 27.5 Å². The van der Waals surface area contributed by atoms with Gasteiger partial charge in [0.25, 0.3) is 0 Å². The molecule has 5 heteroatoms. The molecule has 1 aromatic carbocycles. The van der Waals surface area contributed by atoms with Crippen LogP contribution >= 0.6 is 11.3 Å². The van der Waals surface area contributed by atoms with Gasteiger partial charge in [-0.15, -0.1) is 11.3 Å². The molecule has 1 N–H and O–H groups in total. The molecular formula is C15H11N3OS. The molecule has 3 rings (SSSR count). The van der Waals surface area contributed by atoms with Crippen LogP contribution in [0.4, 0.5) is 5.69 Å². The van der Waals surface area contributed by atoms with Crippen molar-refractivity contribution in [3.05, 3.63) is 54.2 Å². The number of nitrogens with zero attached hydrogens (tertiary/aromatic N) is 2. The summed E-state index contributed by atoms with van der Waals surface area (Å²) in [4.78, 5) is 19.0. The number of rotatable bonds is 4. The van der Waals surface area contributed by atoms with Crippen LogP contribution in [-0.4, -0.2) is 16.4 Å². The van der Waals surface area contributed by atoms with Crippen molar-refractivity contribution in [2.75, 3.05) is 5.32 Å². The number of amides is 1. The summed E-state index contributed by atoms with van der Waals surface area (Å²) in [6.07, 6.45) is 4.19. The first-order valence-electron chi connectivity index (χ1n) is 6.03. The van der Waals surface area contributed by atoms with Crippen LogP contribution in [0.15, 0.2) is 54.2 Å². The molecule has 0 saturated carbocycles. The van der Waals surface area contributed by atoms with Gasteiger partial charge < -0.3 is 5.32 Å². The molecular weight excluding hydrogens is 270 g/mol. The van der Waals surface area contributed by atoms with Gasteiger partial charge in [0.05, 0.1) is 5.69 Å². The third-order valence-corrected chi connectivity index (χ3v) is 3.73. The topological polar surface area (TPSA) is 54.9 Å². The number of thiazole rings is 1. The van der Waals surface area contributed by atoms with Gasteiger partial charge in [-0.3, -0.25) is 9.78 Å². The fourth-order valence-corrected chi connectivity index (χ4v) is 2.67. The van der Waals surface area contributed by atoms with Gasteiger partial charge in [0, 0.05) is 34.6 Å². The van der Waals surface area contributed by atoms with E-state index in [4.69, 9.17) is 0 Å². The standard InChI is InChI=1S/C15H11N3OS/c19-10-17-13-3-1-11(2-4-13)14-9-20-15(18-14)12-5-7-16-8-6-12/h1-10H,(H,17,19). The lowest BCUT2D eigenvalue weighted by atomic mass is 10.1. The first kappa shape index (κ1) is 12.5. The number of benzene rings is 1. The Kier molecular flexibility index (Phi) is 3.52. The summed E-state index contributed by atoms with van der Waals surface area (Å²) in [5.74, 6) is 0. The first-order valence-corrected chi connectivity index (χ1v) is 6.91. The summed E-state index contributed by atoms with van der Waals surface area (Å²) in [6.45, 7) is 0. The molecule has 0 atom stereocenters. The first-order chi connectivity index (χ1) is 9.86. The van der Waals surface area contributed by atoms with E-state index in [0.29, 0.717) is 6.41 Å². The van der Waals surface area contributed by atoms with Crippen molar-refractivity contribution in [3.8, 4) is 21.8 Å².